The highest BCUT2D eigenvalue weighted by Gasteiger charge is 2.27. The Hall–Kier alpha value is -0.820. The molecule has 0 aromatic heterocycles. The smallest absolute Gasteiger partial charge is 0.371 e. The Morgan fingerprint density at radius 1 is 1.53 bits per heavy atom. The molecule has 1 unspecified atom stereocenters. The van der Waals surface area contributed by atoms with Gasteiger partial charge in [-0.3, -0.25) is 4.79 Å². The van der Waals surface area contributed by atoms with Crippen LogP contribution >= 0.6 is 0 Å². The van der Waals surface area contributed by atoms with E-state index < -0.39 is 12.8 Å². The molecule has 1 atom stereocenters. The number of nitrogens with one attached hydrogen (secondary N) is 2. The predicted octanol–water partition coefficient (Wildman–Crippen LogP) is 0.0434. The van der Waals surface area contributed by atoms with Gasteiger partial charge in [-0.25, -0.2) is 0 Å². The Labute approximate surface area is 85.2 Å². The van der Waals surface area contributed by atoms with Crippen LogP contribution in [0.2, 0.25) is 0 Å². The number of halogens is 3. The molecule has 0 radical (unpaired) electrons. The van der Waals surface area contributed by atoms with Crippen LogP contribution in [0.3, 0.4) is 0 Å². The van der Waals surface area contributed by atoms with Gasteiger partial charge in [-0.1, -0.05) is 0 Å². The Bertz CT molecular complexity index is 220. The lowest BCUT2D eigenvalue weighted by Gasteiger charge is -2.11. The molecular weight excluding hydrogens is 213 g/mol. The first-order chi connectivity index (χ1) is 6.97. The molecule has 0 aromatic carbocycles. The third-order valence-corrected chi connectivity index (χ3v) is 1.92. The first kappa shape index (κ1) is 12.3. The van der Waals surface area contributed by atoms with E-state index in [1.165, 1.54) is 0 Å². The highest BCUT2D eigenvalue weighted by molar-refractivity contribution is 5.78. The second-order valence-corrected chi connectivity index (χ2v) is 3.33. The van der Waals surface area contributed by atoms with E-state index in [1.54, 1.807) is 0 Å². The maximum absolute atomic E-state index is 11.6. The first-order valence-corrected chi connectivity index (χ1v) is 4.62. The minimum atomic E-state index is -4.27. The van der Waals surface area contributed by atoms with Crippen molar-refractivity contribution < 1.29 is 22.7 Å². The first-order valence-electron chi connectivity index (χ1n) is 4.62. The molecule has 1 fully saturated rings. The minimum absolute atomic E-state index is 0.00647. The van der Waals surface area contributed by atoms with Crippen LogP contribution in [0.25, 0.3) is 0 Å². The zero-order valence-corrected chi connectivity index (χ0v) is 8.06. The number of ether oxygens (including phenoxy) is 1. The van der Waals surface area contributed by atoms with Gasteiger partial charge in [-0.15, -0.1) is 0 Å². The quantitative estimate of drug-likeness (QED) is 0.651. The Morgan fingerprint density at radius 3 is 2.80 bits per heavy atom. The molecule has 15 heavy (non-hydrogen) atoms. The van der Waals surface area contributed by atoms with Crippen LogP contribution in [0.5, 0.6) is 0 Å². The minimum Gasteiger partial charge on any atom is -0.371 e. The molecule has 0 saturated carbocycles. The Morgan fingerprint density at radius 2 is 2.27 bits per heavy atom. The summed E-state index contributed by atoms with van der Waals surface area (Å²) in [5, 5.41) is 5.54. The van der Waals surface area contributed by atoms with E-state index in [4.69, 9.17) is 0 Å². The zero-order valence-electron chi connectivity index (χ0n) is 8.06. The maximum Gasteiger partial charge on any atom is 0.411 e. The summed E-state index contributed by atoms with van der Waals surface area (Å²) in [4.78, 5) is 10.7. The summed E-state index contributed by atoms with van der Waals surface area (Å²) >= 11 is 0. The second-order valence-electron chi connectivity index (χ2n) is 3.33. The van der Waals surface area contributed by atoms with Crippen LogP contribution < -0.4 is 10.6 Å². The third-order valence-electron chi connectivity index (χ3n) is 1.92. The van der Waals surface area contributed by atoms with Gasteiger partial charge in [0, 0.05) is 25.6 Å². The average Bonchev–Trinajstić information content (AvgIpc) is 2.49. The number of hydrogen-bond donors (Lipinski definition) is 2. The van der Waals surface area contributed by atoms with E-state index in [2.05, 4.69) is 15.4 Å². The van der Waals surface area contributed by atoms with E-state index in [1.807, 2.05) is 0 Å². The second kappa shape index (κ2) is 5.32. The van der Waals surface area contributed by atoms with Crippen molar-refractivity contribution in [2.24, 2.45) is 0 Å². The lowest BCUT2D eigenvalue weighted by atomic mass is 10.2. The molecule has 0 spiro atoms. The number of hydrogen-bond acceptors (Lipinski definition) is 3. The van der Waals surface area contributed by atoms with E-state index in [0.29, 0.717) is 19.5 Å². The summed E-state index contributed by atoms with van der Waals surface area (Å²) in [6.07, 6.45) is -3.90. The fraction of sp³-hybridized carbons (Fsp3) is 0.875. The highest BCUT2D eigenvalue weighted by atomic mass is 19.4. The predicted molar refractivity (Wildman–Crippen MR) is 46.3 cm³/mol. The molecule has 1 amide bonds. The molecule has 1 aliphatic heterocycles. The zero-order chi connectivity index (χ0) is 11.3. The van der Waals surface area contributed by atoms with Gasteiger partial charge in [0.2, 0.25) is 5.91 Å². The van der Waals surface area contributed by atoms with Crippen molar-refractivity contribution in [3.05, 3.63) is 0 Å². The standard InChI is InChI=1S/C8H13F3N2O2/c9-8(10,11)5-15-2-1-12-6-3-7(14)13-4-6/h6,12H,1-5H2,(H,13,14). The molecule has 7 heteroatoms. The SMILES string of the molecule is O=C1CC(NCCOCC(F)(F)F)CN1. The number of rotatable bonds is 5. The third kappa shape index (κ3) is 5.58. The Balaban J connectivity index is 1.95. The van der Waals surface area contributed by atoms with Crippen molar-refractivity contribution in [3.8, 4) is 0 Å². The molecule has 88 valence electrons. The van der Waals surface area contributed by atoms with Gasteiger partial charge < -0.3 is 15.4 Å². The van der Waals surface area contributed by atoms with Crippen molar-refractivity contribution >= 4 is 5.91 Å². The number of amides is 1. The van der Waals surface area contributed by atoms with Gasteiger partial charge >= 0.3 is 6.18 Å². The van der Waals surface area contributed by atoms with E-state index >= 15 is 0 Å². The summed E-state index contributed by atoms with van der Waals surface area (Å²) in [7, 11) is 0. The van der Waals surface area contributed by atoms with Crippen molar-refractivity contribution in [2.45, 2.75) is 18.6 Å². The van der Waals surface area contributed by atoms with E-state index in [9.17, 15) is 18.0 Å². The fourth-order valence-electron chi connectivity index (χ4n) is 1.27. The lowest BCUT2D eigenvalue weighted by molar-refractivity contribution is -0.173. The number of carbonyl (C=O) groups excluding carboxylic acids is 1. The molecular formula is C8H13F3N2O2. The molecule has 0 bridgehead atoms. The molecule has 1 rings (SSSR count). The van der Waals surface area contributed by atoms with Crippen molar-refractivity contribution in [2.75, 3.05) is 26.3 Å². The van der Waals surface area contributed by atoms with E-state index in [0.717, 1.165) is 0 Å². The van der Waals surface area contributed by atoms with Gasteiger partial charge in [0.1, 0.15) is 6.61 Å². The fourth-order valence-corrected chi connectivity index (χ4v) is 1.27. The summed E-state index contributed by atoms with van der Waals surface area (Å²) in [6, 6.07) is 0.00647. The van der Waals surface area contributed by atoms with Crippen molar-refractivity contribution in [1.82, 2.24) is 10.6 Å². The molecule has 1 aliphatic rings. The topological polar surface area (TPSA) is 50.4 Å². The van der Waals surface area contributed by atoms with Crippen LogP contribution in [-0.2, 0) is 9.53 Å². The van der Waals surface area contributed by atoms with Gasteiger partial charge in [-0.2, -0.15) is 13.2 Å². The number of carbonyl (C=O) groups is 1. The summed E-state index contributed by atoms with van der Waals surface area (Å²) in [6.45, 7) is -0.394. The van der Waals surface area contributed by atoms with Crippen LogP contribution in [0, 0.1) is 0 Å². The average molecular weight is 226 g/mol. The normalized spacial score (nSPS) is 21.8. The van der Waals surface area contributed by atoms with Crippen LogP contribution in [-0.4, -0.2) is 44.4 Å². The molecule has 0 aliphatic carbocycles. The molecule has 1 heterocycles. The summed E-state index contributed by atoms with van der Waals surface area (Å²) in [5.41, 5.74) is 0. The number of alkyl halides is 3. The summed E-state index contributed by atoms with van der Waals surface area (Å²) < 4.78 is 39.3. The highest BCUT2D eigenvalue weighted by Crippen LogP contribution is 2.13. The van der Waals surface area contributed by atoms with Gasteiger partial charge in [0.25, 0.3) is 0 Å². The van der Waals surface area contributed by atoms with Gasteiger partial charge in [0.15, 0.2) is 0 Å². The van der Waals surface area contributed by atoms with Crippen molar-refractivity contribution in [3.63, 3.8) is 0 Å². The van der Waals surface area contributed by atoms with Crippen LogP contribution in [0.15, 0.2) is 0 Å². The largest absolute Gasteiger partial charge is 0.411 e. The Kier molecular flexibility index (Phi) is 4.34. The molecule has 2 N–H and O–H groups in total. The van der Waals surface area contributed by atoms with Gasteiger partial charge in [-0.05, 0) is 0 Å². The monoisotopic (exact) mass is 226 g/mol. The lowest BCUT2D eigenvalue weighted by Crippen LogP contribution is -2.34. The maximum atomic E-state index is 11.6. The molecule has 0 aromatic rings. The molecule has 4 nitrogen and oxygen atoms in total. The summed E-state index contributed by atoms with van der Waals surface area (Å²) in [5.74, 6) is -0.0382. The van der Waals surface area contributed by atoms with Crippen LogP contribution in [0.4, 0.5) is 13.2 Å². The van der Waals surface area contributed by atoms with Crippen LogP contribution in [0.1, 0.15) is 6.42 Å². The molecule has 1 saturated heterocycles. The van der Waals surface area contributed by atoms with Crippen molar-refractivity contribution in [1.29, 1.82) is 0 Å². The van der Waals surface area contributed by atoms with Gasteiger partial charge in [0.05, 0.1) is 6.61 Å². The van der Waals surface area contributed by atoms with E-state index in [-0.39, 0.29) is 18.6 Å².